The molecular weight excluding hydrogens is 450 g/mol. The first kappa shape index (κ1) is 25.2. The molecule has 186 valence electrons. The molecule has 5 nitrogen and oxygen atoms in total. The van der Waals surface area contributed by atoms with E-state index >= 15 is 0 Å². The number of ether oxygens (including phenoxy) is 1. The summed E-state index contributed by atoms with van der Waals surface area (Å²) in [5.74, 6) is -0.836. The fraction of sp³-hybridized carbons (Fsp3) is 0.290. The monoisotopic (exact) mass is 483 g/mol. The van der Waals surface area contributed by atoms with Crippen molar-refractivity contribution in [3.05, 3.63) is 106 Å². The first-order chi connectivity index (χ1) is 17.0. The van der Waals surface area contributed by atoms with E-state index in [1.165, 1.54) is 4.90 Å². The van der Waals surface area contributed by atoms with Crippen molar-refractivity contribution in [2.45, 2.75) is 59.7 Å². The fourth-order valence-corrected chi connectivity index (χ4v) is 4.52. The van der Waals surface area contributed by atoms with Crippen LogP contribution in [0.2, 0.25) is 0 Å². The minimum absolute atomic E-state index is 0.100. The number of hydrogen-bond acceptors (Lipinski definition) is 4. The van der Waals surface area contributed by atoms with Gasteiger partial charge < -0.3 is 14.7 Å². The second-order valence-electron chi connectivity index (χ2n) is 10.5. The van der Waals surface area contributed by atoms with Gasteiger partial charge in [0, 0.05) is 11.1 Å². The van der Waals surface area contributed by atoms with E-state index in [1.54, 1.807) is 6.07 Å². The molecule has 0 saturated carbocycles. The number of para-hydroxylation sites is 1. The largest absolute Gasteiger partial charge is 0.507 e. The van der Waals surface area contributed by atoms with Crippen LogP contribution in [0.5, 0.6) is 5.75 Å². The highest BCUT2D eigenvalue weighted by Gasteiger charge is 2.46. The van der Waals surface area contributed by atoms with Crippen molar-refractivity contribution in [2.24, 2.45) is 0 Å². The summed E-state index contributed by atoms with van der Waals surface area (Å²) in [6.45, 7) is 12.0. The Balaban J connectivity index is 1.86. The third-order valence-corrected chi connectivity index (χ3v) is 6.41. The molecule has 0 radical (unpaired) electrons. The lowest BCUT2D eigenvalue weighted by atomic mass is 9.93. The summed E-state index contributed by atoms with van der Waals surface area (Å²) in [7, 11) is 0. The van der Waals surface area contributed by atoms with Crippen LogP contribution in [0.1, 0.15) is 60.2 Å². The third kappa shape index (κ3) is 5.06. The van der Waals surface area contributed by atoms with Gasteiger partial charge in [-0.05, 0) is 70.4 Å². The van der Waals surface area contributed by atoms with Gasteiger partial charge in [0.15, 0.2) is 0 Å². The first-order valence-electron chi connectivity index (χ1n) is 12.2. The Morgan fingerprint density at radius 2 is 1.64 bits per heavy atom. The molecule has 0 spiro atoms. The number of ketones is 1. The van der Waals surface area contributed by atoms with Gasteiger partial charge in [-0.3, -0.25) is 9.59 Å². The number of Topliss-reactive ketones (excluding diaryl/α,β-unsaturated/α-hetero) is 1. The lowest BCUT2D eigenvalue weighted by molar-refractivity contribution is -0.140. The molecule has 3 aromatic carbocycles. The number of amides is 1. The van der Waals surface area contributed by atoms with E-state index < -0.39 is 23.3 Å². The van der Waals surface area contributed by atoms with Gasteiger partial charge in [0.2, 0.25) is 0 Å². The number of hydrogen-bond donors (Lipinski definition) is 1. The Labute approximate surface area is 213 Å². The molecule has 1 unspecified atom stereocenters. The quantitative estimate of drug-likeness (QED) is 0.259. The molecule has 0 aliphatic carbocycles. The summed E-state index contributed by atoms with van der Waals surface area (Å²) in [4.78, 5) is 28.4. The van der Waals surface area contributed by atoms with Gasteiger partial charge >= 0.3 is 0 Å². The standard InChI is InChI=1S/C31H33NO4/c1-19-10-9-12-22(16-19)27-26(28(33)23-15-14-20(2)21(3)17-23)29(34)30(35)32(27)18-24-11-7-8-13-25(24)36-31(4,5)6/h7-17,27,33H,18H2,1-6H3/b28-26-. The molecule has 3 aromatic rings. The fourth-order valence-electron chi connectivity index (χ4n) is 4.52. The van der Waals surface area contributed by atoms with Gasteiger partial charge in [0.25, 0.3) is 11.7 Å². The normalized spacial score (nSPS) is 17.5. The third-order valence-electron chi connectivity index (χ3n) is 6.41. The van der Waals surface area contributed by atoms with Crippen molar-refractivity contribution in [3.8, 4) is 5.75 Å². The van der Waals surface area contributed by atoms with Crippen molar-refractivity contribution in [2.75, 3.05) is 0 Å². The molecule has 4 rings (SSSR count). The Morgan fingerprint density at radius 3 is 2.31 bits per heavy atom. The van der Waals surface area contributed by atoms with Crippen molar-refractivity contribution < 1.29 is 19.4 Å². The topological polar surface area (TPSA) is 66.8 Å². The molecule has 5 heteroatoms. The van der Waals surface area contributed by atoms with Crippen LogP contribution in [-0.4, -0.2) is 27.3 Å². The maximum Gasteiger partial charge on any atom is 0.295 e. The Morgan fingerprint density at radius 1 is 0.917 bits per heavy atom. The number of nitrogens with zero attached hydrogens (tertiary/aromatic N) is 1. The highest BCUT2D eigenvalue weighted by atomic mass is 16.5. The molecule has 1 heterocycles. The van der Waals surface area contributed by atoms with Gasteiger partial charge in [0.05, 0.1) is 18.2 Å². The number of likely N-dealkylation sites (tertiary alicyclic amines) is 1. The zero-order chi connectivity index (χ0) is 26.2. The summed E-state index contributed by atoms with van der Waals surface area (Å²) in [5.41, 5.74) is 4.83. The van der Waals surface area contributed by atoms with Gasteiger partial charge in [-0.1, -0.05) is 60.2 Å². The second-order valence-corrected chi connectivity index (χ2v) is 10.5. The number of rotatable bonds is 5. The Hall–Kier alpha value is -3.86. The van der Waals surface area contributed by atoms with Crippen LogP contribution < -0.4 is 4.74 Å². The lowest BCUT2D eigenvalue weighted by Gasteiger charge is -2.28. The highest BCUT2D eigenvalue weighted by Crippen LogP contribution is 2.41. The number of aliphatic hydroxyl groups excluding tert-OH is 1. The first-order valence-corrected chi connectivity index (χ1v) is 12.2. The number of aryl methyl sites for hydroxylation is 3. The number of carbonyl (C=O) groups excluding carboxylic acids is 2. The zero-order valence-electron chi connectivity index (χ0n) is 21.8. The molecule has 0 aromatic heterocycles. The highest BCUT2D eigenvalue weighted by molar-refractivity contribution is 6.46. The van der Waals surface area contributed by atoms with Crippen LogP contribution >= 0.6 is 0 Å². The van der Waals surface area contributed by atoms with Gasteiger partial charge in [-0.25, -0.2) is 0 Å². The second kappa shape index (κ2) is 9.65. The summed E-state index contributed by atoms with van der Waals surface area (Å²) >= 11 is 0. The Kier molecular flexibility index (Phi) is 6.77. The maximum atomic E-state index is 13.4. The molecule has 1 atom stereocenters. The SMILES string of the molecule is Cc1cccc(C2/C(=C(/O)c3ccc(C)c(C)c3)C(=O)C(=O)N2Cc2ccccc2OC(C)(C)C)c1. The Bertz CT molecular complexity index is 1360. The van der Waals surface area contributed by atoms with Gasteiger partial charge in [-0.2, -0.15) is 0 Å². The van der Waals surface area contributed by atoms with E-state index in [0.717, 1.165) is 27.8 Å². The molecule has 0 bridgehead atoms. The summed E-state index contributed by atoms with van der Waals surface area (Å²) in [6.07, 6.45) is 0. The van der Waals surface area contributed by atoms with E-state index in [2.05, 4.69) is 0 Å². The van der Waals surface area contributed by atoms with E-state index in [0.29, 0.717) is 11.3 Å². The van der Waals surface area contributed by atoms with Crippen LogP contribution in [0.4, 0.5) is 0 Å². The van der Waals surface area contributed by atoms with E-state index in [-0.39, 0.29) is 17.9 Å². The van der Waals surface area contributed by atoms with Crippen LogP contribution in [0.3, 0.4) is 0 Å². The van der Waals surface area contributed by atoms with Crippen LogP contribution in [0.15, 0.2) is 72.3 Å². The predicted molar refractivity (Wildman–Crippen MR) is 142 cm³/mol. The molecule has 36 heavy (non-hydrogen) atoms. The minimum atomic E-state index is -0.728. The number of benzene rings is 3. The van der Waals surface area contributed by atoms with Crippen molar-refractivity contribution in [1.29, 1.82) is 0 Å². The van der Waals surface area contributed by atoms with Crippen molar-refractivity contribution in [3.63, 3.8) is 0 Å². The number of carbonyl (C=O) groups is 2. The van der Waals surface area contributed by atoms with Gasteiger partial charge in [-0.15, -0.1) is 0 Å². The molecule has 1 amide bonds. The van der Waals surface area contributed by atoms with Crippen LogP contribution in [0.25, 0.3) is 5.76 Å². The lowest BCUT2D eigenvalue weighted by Crippen LogP contribution is -2.30. The average molecular weight is 484 g/mol. The molecule has 1 saturated heterocycles. The average Bonchev–Trinajstić information content (AvgIpc) is 3.05. The molecule has 1 aliphatic rings. The summed E-state index contributed by atoms with van der Waals surface area (Å²) in [6, 6.07) is 20.1. The van der Waals surface area contributed by atoms with E-state index in [1.807, 2.05) is 102 Å². The van der Waals surface area contributed by atoms with Crippen molar-refractivity contribution in [1.82, 2.24) is 4.90 Å². The van der Waals surface area contributed by atoms with E-state index in [4.69, 9.17) is 4.74 Å². The minimum Gasteiger partial charge on any atom is -0.507 e. The zero-order valence-corrected chi connectivity index (χ0v) is 21.8. The molecule has 1 N–H and O–H groups in total. The molecule has 1 fully saturated rings. The van der Waals surface area contributed by atoms with Crippen LogP contribution in [-0.2, 0) is 16.1 Å². The summed E-state index contributed by atoms with van der Waals surface area (Å²) in [5, 5.41) is 11.4. The van der Waals surface area contributed by atoms with Crippen LogP contribution in [0, 0.1) is 20.8 Å². The smallest absolute Gasteiger partial charge is 0.295 e. The van der Waals surface area contributed by atoms with Crippen molar-refractivity contribution >= 4 is 17.4 Å². The number of aliphatic hydroxyl groups is 1. The van der Waals surface area contributed by atoms with Gasteiger partial charge in [0.1, 0.15) is 17.1 Å². The maximum absolute atomic E-state index is 13.4. The predicted octanol–water partition coefficient (Wildman–Crippen LogP) is 6.41. The van der Waals surface area contributed by atoms with E-state index in [9.17, 15) is 14.7 Å². The molecule has 1 aliphatic heterocycles. The molecular formula is C31H33NO4. The summed E-state index contributed by atoms with van der Waals surface area (Å²) < 4.78 is 6.15.